The molecular weight excluding hydrogens is 495 g/mol. The molecule has 0 saturated heterocycles. The molecule has 5 nitrogen and oxygen atoms in total. The zero-order valence-electron chi connectivity index (χ0n) is 15.5. The summed E-state index contributed by atoms with van der Waals surface area (Å²) in [5.41, 5.74) is 1.13. The lowest BCUT2D eigenvalue weighted by atomic mass is 10.1. The first-order chi connectivity index (χ1) is 11.4. The second kappa shape index (κ2) is 13.4. The highest BCUT2D eigenvalue weighted by Gasteiger charge is 2.06. The largest absolute Gasteiger partial charge is 0.356 e. The number of nitrogens with one attached hydrogen (secondary N) is 2. The van der Waals surface area contributed by atoms with Crippen LogP contribution in [0.5, 0.6) is 0 Å². The fourth-order valence-corrected chi connectivity index (χ4v) is 2.23. The van der Waals surface area contributed by atoms with Crippen molar-refractivity contribution in [2.45, 2.75) is 33.2 Å². The topological polar surface area (TPSA) is 56.7 Å². The molecule has 0 bridgehead atoms. The summed E-state index contributed by atoms with van der Waals surface area (Å²) in [6.07, 6.45) is 2.25. The van der Waals surface area contributed by atoms with Crippen LogP contribution >= 0.6 is 39.9 Å². The summed E-state index contributed by atoms with van der Waals surface area (Å²) < 4.78 is 1.05. The third-order valence-electron chi connectivity index (χ3n) is 3.49. The van der Waals surface area contributed by atoms with E-state index in [1.54, 1.807) is 19.0 Å². The molecule has 0 spiro atoms. The number of hydrogen-bond acceptors (Lipinski definition) is 2. The fourth-order valence-electron chi connectivity index (χ4n) is 1.97. The van der Waals surface area contributed by atoms with Crippen molar-refractivity contribution in [3.63, 3.8) is 0 Å². The molecule has 0 aromatic heterocycles. The average molecular weight is 525 g/mol. The van der Waals surface area contributed by atoms with Gasteiger partial charge in [-0.05, 0) is 36.5 Å². The number of guanidine groups is 1. The van der Waals surface area contributed by atoms with Crippen molar-refractivity contribution in [3.05, 3.63) is 34.3 Å². The zero-order valence-corrected chi connectivity index (χ0v) is 19.4. The minimum absolute atomic E-state index is 0. The number of halogens is 2. The molecule has 1 rings (SSSR count). The molecule has 0 unspecified atom stereocenters. The molecular formula is C18H30BrIN4O. The lowest BCUT2D eigenvalue weighted by Gasteiger charge is -2.15. The Bertz CT molecular complexity index is 532. The molecule has 0 aliphatic rings. The van der Waals surface area contributed by atoms with Crippen molar-refractivity contribution in [3.8, 4) is 0 Å². The van der Waals surface area contributed by atoms with Gasteiger partial charge in [-0.25, -0.2) is 4.99 Å². The van der Waals surface area contributed by atoms with Crippen LogP contribution in [0.15, 0.2) is 33.7 Å². The maximum atomic E-state index is 11.8. The zero-order chi connectivity index (χ0) is 17.9. The third kappa shape index (κ3) is 11.4. The molecule has 1 aromatic carbocycles. The van der Waals surface area contributed by atoms with Gasteiger partial charge in [0.2, 0.25) is 5.91 Å². The van der Waals surface area contributed by atoms with Gasteiger partial charge in [0.15, 0.2) is 5.96 Å². The molecule has 1 amide bonds. The third-order valence-corrected chi connectivity index (χ3v) is 4.02. The number of hydrogen-bond donors (Lipinski definition) is 2. The van der Waals surface area contributed by atoms with Crippen LogP contribution in [0.25, 0.3) is 0 Å². The van der Waals surface area contributed by atoms with Crippen LogP contribution in [0, 0.1) is 5.92 Å². The van der Waals surface area contributed by atoms with E-state index in [9.17, 15) is 4.79 Å². The van der Waals surface area contributed by atoms with Crippen molar-refractivity contribution < 1.29 is 4.79 Å². The maximum Gasteiger partial charge on any atom is 0.241 e. The highest BCUT2D eigenvalue weighted by atomic mass is 127. The van der Waals surface area contributed by atoms with E-state index in [2.05, 4.69) is 45.4 Å². The number of rotatable bonds is 8. The van der Waals surface area contributed by atoms with Crippen molar-refractivity contribution >= 4 is 51.8 Å². The van der Waals surface area contributed by atoms with Gasteiger partial charge < -0.3 is 15.5 Å². The van der Waals surface area contributed by atoms with Crippen LogP contribution in [-0.4, -0.2) is 44.0 Å². The monoisotopic (exact) mass is 524 g/mol. The number of likely N-dealkylation sites (N-methyl/N-ethyl adjacent to an activating group) is 1. The van der Waals surface area contributed by atoms with Crippen LogP contribution < -0.4 is 10.6 Å². The maximum absolute atomic E-state index is 11.8. The molecule has 25 heavy (non-hydrogen) atoms. The Hall–Kier alpha value is -0.830. The number of carbonyl (C=O) groups excluding carboxylic acids is 1. The smallest absolute Gasteiger partial charge is 0.241 e. The van der Waals surface area contributed by atoms with Crippen LogP contribution in [0.1, 0.15) is 32.3 Å². The summed E-state index contributed by atoms with van der Waals surface area (Å²) >= 11 is 3.43. The van der Waals surface area contributed by atoms with Crippen molar-refractivity contribution in [2.75, 3.05) is 27.2 Å². The molecule has 0 radical (unpaired) electrons. The molecule has 0 fully saturated rings. The summed E-state index contributed by atoms with van der Waals surface area (Å²) in [7, 11) is 3.50. The molecule has 0 saturated carbocycles. The van der Waals surface area contributed by atoms with Gasteiger partial charge in [-0.1, -0.05) is 41.9 Å². The number of carbonyl (C=O) groups is 1. The first kappa shape index (κ1) is 24.2. The van der Waals surface area contributed by atoms with E-state index in [1.165, 1.54) is 6.42 Å². The number of nitrogens with zero attached hydrogens (tertiary/aromatic N) is 2. The summed E-state index contributed by atoms with van der Waals surface area (Å²) in [6.45, 7) is 6.10. The van der Waals surface area contributed by atoms with Crippen molar-refractivity contribution in [1.82, 2.24) is 15.5 Å². The second-order valence-corrected chi connectivity index (χ2v) is 7.31. The van der Waals surface area contributed by atoms with Crippen LogP contribution in [-0.2, 0) is 11.3 Å². The quantitative estimate of drug-likeness (QED) is 0.236. The van der Waals surface area contributed by atoms with Gasteiger partial charge >= 0.3 is 0 Å². The van der Waals surface area contributed by atoms with Gasteiger partial charge in [0.1, 0.15) is 0 Å². The summed E-state index contributed by atoms with van der Waals surface area (Å²) in [6, 6.07) is 8.08. The minimum Gasteiger partial charge on any atom is -0.356 e. The second-order valence-electron chi connectivity index (χ2n) is 6.40. The lowest BCUT2D eigenvalue weighted by molar-refractivity contribution is -0.127. The van der Waals surface area contributed by atoms with E-state index in [-0.39, 0.29) is 36.4 Å². The SMILES string of the molecule is CC(C)CCCNC(=NCc1ccc(Br)cc1)NCC(=O)N(C)C.I. The van der Waals surface area contributed by atoms with E-state index < -0.39 is 0 Å². The van der Waals surface area contributed by atoms with Crippen LogP contribution in [0.3, 0.4) is 0 Å². The van der Waals surface area contributed by atoms with E-state index in [0.29, 0.717) is 18.4 Å². The minimum atomic E-state index is 0. The van der Waals surface area contributed by atoms with E-state index in [4.69, 9.17) is 0 Å². The predicted octanol–water partition coefficient (Wildman–Crippen LogP) is 3.63. The molecule has 0 atom stereocenters. The van der Waals surface area contributed by atoms with E-state index >= 15 is 0 Å². The lowest BCUT2D eigenvalue weighted by Crippen LogP contribution is -2.43. The fraction of sp³-hybridized carbons (Fsp3) is 0.556. The first-order valence-corrected chi connectivity index (χ1v) is 9.14. The molecule has 0 aliphatic heterocycles. The average Bonchev–Trinajstić information content (AvgIpc) is 2.54. The highest BCUT2D eigenvalue weighted by Crippen LogP contribution is 2.11. The van der Waals surface area contributed by atoms with Crippen LogP contribution in [0.4, 0.5) is 0 Å². The van der Waals surface area contributed by atoms with E-state index in [0.717, 1.165) is 23.0 Å². The van der Waals surface area contributed by atoms with Gasteiger partial charge in [0.05, 0.1) is 13.1 Å². The highest BCUT2D eigenvalue weighted by molar-refractivity contribution is 14.0. The summed E-state index contributed by atoms with van der Waals surface area (Å²) in [4.78, 5) is 17.9. The van der Waals surface area contributed by atoms with Crippen LogP contribution in [0.2, 0.25) is 0 Å². The molecule has 1 aromatic rings. The molecule has 2 N–H and O–H groups in total. The van der Waals surface area contributed by atoms with Crippen molar-refractivity contribution in [1.29, 1.82) is 0 Å². The summed E-state index contributed by atoms with van der Waals surface area (Å²) in [5.74, 6) is 1.39. The Morgan fingerprint density at radius 1 is 1.20 bits per heavy atom. The Balaban J connectivity index is 0.00000576. The van der Waals surface area contributed by atoms with Gasteiger partial charge in [0, 0.05) is 25.1 Å². The molecule has 142 valence electrons. The van der Waals surface area contributed by atoms with Gasteiger partial charge in [-0.15, -0.1) is 24.0 Å². The normalized spacial score (nSPS) is 11.0. The Kier molecular flexibility index (Phi) is 12.9. The molecule has 0 aliphatic carbocycles. The molecule has 0 heterocycles. The molecule has 7 heteroatoms. The predicted molar refractivity (Wildman–Crippen MR) is 119 cm³/mol. The standard InChI is InChI=1S/C18H29BrN4O.HI/c1-14(2)6-5-11-20-18(22-13-17(24)23(3)4)21-12-15-7-9-16(19)10-8-15;/h7-10,14H,5-6,11-13H2,1-4H3,(H2,20,21,22);1H. The Morgan fingerprint density at radius 2 is 1.84 bits per heavy atom. The van der Waals surface area contributed by atoms with Crippen molar-refractivity contribution in [2.24, 2.45) is 10.9 Å². The Morgan fingerprint density at radius 3 is 2.40 bits per heavy atom. The number of amides is 1. The Labute approximate surface area is 177 Å². The number of aliphatic imine (C=N–C) groups is 1. The first-order valence-electron chi connectivity index (χ1n) is 8.35. The van der Waals surface area contributed by atoms with E-state index in [1.807, 2.05) is 24.3 Å². The van der Waals surface area contributed by atoms with Gasteiger partial charge in [0.25, 0.3) is 0 Å². The van der Waals surface area contributed by atoms with Gasteiger partial charge in [-0.2, -0.15) is 0 Å². The summed E-state index contributed by atoms with van der Waals surface area (Å²) in [5, 5.41) is 6.42. The van der Waals surface area contributed by atoms with Gasteiger partial charge in [-0.3, -0.25) is 4.79 Å². The number of benzene rings is 1.